The number of fused-ring (bicyclic) bond motifs is 1. The molecule has 1 N–H and O–H groups in total. The highest BCUT2D eigenvalue weighted by atomic mass is 16.6. The summed E-state index contributed by atoms with van der Waals surface area (Å²) in [5, 5.41) is 18.4. The second-order valence-corrected chi connectivity index (χ2v) is 6.99. The van der Waals surface area contributed by atoms with Crippen molar-refractivity contribution in [1.29, 1.82) is 0 Å². The lowest BCUT2D eigenvalue weighted by Gasteiger charge is -2.10. The number of nitro benzene ring substituents is 1. The average molecular weight is 406 g/mol. The molecule has 9 heteroatoms. The van der Waals surface area contributed by atoms with Gasteiger partial charge in [-0.1, -0.05) is 11.2 Å². The molecule has 0 aliphatic carbocycles. The van der Waals surface area contributed by atoms with Crippen molar-refractivity contribution in [2.45, 2.75) is 27.7 Å². The largest absolute Gasteiger partial charge is 0.466 e. The first-order valence-electron chi connectivity index (χ1n) is 9.16. The number of rotatable bonds is 4. The van der Waals surface area contributed by atoms with Gasteiger partial charge in [-0.2, -0.15) is 0 Å². The number of carbonyl (C=O) groups excluding carboxylic acids is 1. The van der Waals surface area contributed by atoms with E-state index in [-0.39, 0.29) is 11.4 Å². The van der Waals surface area contributed by atoms with Crippen LogP contribution in [0.25, 0.3) is 22.4 Å². The first-order valence-corrected chi connectivity index (χ1v) is 9.16. The Kier molecular flexibility index (Phi) is 4.57. The summed E-state index contributed by atoms with van der Waals surface area (Å²) in [5.41, 5.74) is 2.94. The number of aromatic nitrogens is 2. The third-order valence-electron chi connectivity index (χ3n) is 4.93. The molecule has 4 aromatic rings. The molecule has 30 heavy (non-hydrogen) atoms. The van der Waals surface area contributed by atoms with Crippen LogP contribution in [0.3, 0.4) is 0 Å². The Morgan fingerprint density at radius 2 is 1.93 bits per heavy atom. The van der Waals surface area contributed by atoms with E-state index in [2.05, 4.69) is 15.5 Å². The van der Waals surface area contributed by atoms with Gasteiger partial charge in [-0.05, 0) is 45.9 Å². The molecule has 0 aliphatic heterocycles. The molecule has 0 unspecified atom stereocenters. The molecule has 152 valence electrons. The molecule has 3 aromatic heterocycles. The van der Waals surface area contributed by atoms with Crippen molar-refractivity contribution in [2.24, 2.45) is 0 Å². The molecule has 4 rings (SSSR count). The number of nitro groups is 1. The fourth-order valence-corrected chi connectivity index (χ4v) is 3.44. The van der Waals surface area contributed by atoms with Gasteiger partial charge >= 0.3 is 0 Å². The number of anilines is 1. The molecule has 0 spiro atoms. The Bertz CT molecular complexity index is 1320. The van der Waals surface area contributed by atoms with Gasteiger partial charge in [-0.25, -0.2) is 4.98 Å². The first-order chi connectivity index (χ1) is 14.3. The highest BCUT2D eigenvalue weighted by molar-refractivity contribution is 6.13. The molecule has 0 bridgehead atoms. The van der Waals surface area contributed by atoms with E-state index in [1.54, 1.807) is 26.0 Å². The maximum absolute atomic E-state index is 13.2. The summed E-state index contributed by atoms with van der Waals surface area (Å²) < 4.78 is 10.9. The minimum Gasteiger partial charge on any atom is -0.466 e. The van der Waals surface area contributed by atoms with Crippen LogP contribution in [0.2, 0.25) is 0 Å². The summed E-state index contributed by atoms with van der Waals surface area (Å²) >= 11 is 0. The number of aryl methyl sites for hydroxylation is 3. The van der Waals surface area contributed by atoms with Crippen molar-refractivity contribution in [3.63, 3.8) is 0 Å². The Labute approximate surface area is 170 Å². The summed E-state index contributed by atoms with van der Waals surface area (Å²) in [6.07, 6.45) is 0. The van der Waals surface area contributed by atoms with E-state index in [4.69, 9.17) is 8.94 Å². The molecule has 1 amide bonds. The average Bonchev–Trinajstić information content (AvgIpc) is 3.24. The van der Waals surface area contributed by atoms with Gasteiger partial charge in [0.15, 0.2) is 0 Å². The number of pyridine rings is 1. The van der Waals surface area contributed by atoms with Crippen molar-refractivity contribution in [2.75, 3.05) is 5.32 Å². The quantitative estimate of drug-likeness (QED) is 0.378. The highest BCUT2D eigenvalue weighted by Crippen LogP contribution is 2.31. The molecule has 0 radical (unpaired) electrons. The van der Waals surface area contributed by atoms with Gasteiger partial charge in [0.05, 0.1) is 38.5 Å². The zero-order valence-corrected chi connectivity index (χ0v) is 16.8. The van der Waals surface area contributed by atoms with Crippen molar-refractivity contribution < 1.29 is 18.7 Å². The molecule has 0 saturated carbocycles. The van der Waals surface area contributed by atoms with Crippen LogP contribution in [-0.2, 0) is 0 Å². The summed E-state index contributed by atoms with van der Waals surface area (Å²) in [6.45, 7) is 6.94. The number of benzene rings is 1. The van der Waals surface area contributed by atoms with Crippen LogP contribution < -0.4 is 5.32 Å². The van der Waals surface area contributed by atoms with Gasteiger partial charge in [0.2, 0.25) is 0 Å². The van der Waals surface area contributed by atoms with Crippen LogP contribution in [0, 0.1) is 37.8 Å². The number of carbonyl (C=O) groups is 1. The zero-order chi connectivity index (χ0) is 21.6. The normalized spacial score (nSPS) is 11.1. The van der Waals surface area contributed by atoms with Gasteiger partial charge in [-0.3, -0.25) is 14.9 Å². The lowest BCUT2D eigenvalue weighted by Crippen LogP contribution is -2.14. The van der Waals surface area contributed by atoms with E-state index < -0.39 is 10.8 Å². The Balaban J connectivity index is 1.83. The predicted molar refractivity (Wildman–Crippen MR) is 110 cm³/mol. The molecule has 3 heterocycles. The Morgan fingerprint density at radius 3 is 2.60 bits per heavy atom. The third-order valence-corrected chi connectivity index (χ3v) is 4.93. The van der Waals surface area contributed by atoms with Crippen LogP contribution in [0.5, 0.6) is 0 Å². The zero-order valence-electron chi connectivity index (χ0n) is 16.8. The fraction of sp³-hybridized carbons (Fsp3) is 0.190. The summed E-state index contributed by atoms with van der Waals surface area (Å²) in [5.74, 6) is 0.935. The molecule has 9 nitrogen and oxygen atoms in total. The molecular formula is C21H18N4O5. The van der Waals surface area contributed by atoms with E-state index in [9.17, 15) is 14.9 Å². The molecule has 1 aromatic carbocycles. The maximum Gasteiger partial charge on any atom is 0.274 e. The SMILES string of the molecule is Cc1cc(-c2cc(C(=O)Nc3cccc([N+](=O)[O-])c3C)c3c(C)noc3n2)c(C)o1. The van der Waals surface area contributed by atoms with Gasteiger partial charge in [0.25, 0.3) is 17.3 Å². The topological polar surface area (TPSA) is 124 Å². The van der Waals surface area contributed by atoms with Crippen LogP contribution >= 0.6 is 0 Å². The van der Waals surface area contributed by atoms with E-state index in [0.29, 0.717) is 39.3 Å². The highest BCUT2D eigenvalue weighted by Gasteiger charge is 2.22. The lowest BCUT2D eigenvalue weighted by atomic mass is 10.0. The summed E-state index contributed by atoms with van der Waals surface area (Å²) in [4.78, 5) is 28.4. The van der Waals surface area contributed by atoms with Gasteiger partial charge in [0, 0.05) is 11.6 Å². The van der Waals surface area contributed by atoms with Crippen molar-refractivity contribution >= 4 is 28.4 Å². The lowest BCUT2D eigenvalue weighted by molar-refractivity contribution is -0.385. The van der Waals surface area contributed by atoms with Crippen LogP contribution in [0.4, 0.5) is 11.4 Å². The molecule has 0 fully saturated rings. The molecular weight excluding hydrogens is 388 g/mol. The van der Waals surface area contributed by atoms with Gasteiger partial charge in [-0.15, -0.1) is 0 Å². The van der Waals surface area contributed by atoms with Gasteiger partial charge < -0.3 is 14.3 Å². The third kappa shape index (κ3) is 3.20. The van der Waals surface area contributed by atoms with Crippen molar-refractivity contribution in [3.8, 4) is 11.3 Å². The monoisotopic (exact) mass is 406 g/mol. The first kappa shape index (κ1) is 19.3. The van der Waals surface area contributed by atoms with Crippen molar-refractivity contribution in [1.82, 2.24) is 10.1 Å². The Hall–Kier alpha value is -4.01. The Morgan fingerprint density at radius 1 is 1.17 bits per heavy atom. The number of furan rings is 1. The van der Waals surface area contributed by atoms with E-state index >= 15 is 0 Å². The van der Waals surface area contributed by atoms with E-state index in [1.165, 1.54) is 12.1 Å². The number of nitrogens with one attached hydrogen (secondary N) is 1. The van der Waals surface area contributed by atoms with Crippen LogP contribution in [0.1, 0.15) is 33.1 Å². The molecule has 0 saturated heterocycles. The number of nitrogens with zero attached hydrogens (tertiary/aromatic N) is 3. The van der Waals surface area contributed by atoms with Crippen LogP contribution in [0.15, 0.2) is 39.3 Å². The van der Waals surface area contributed by atoms with Gasteiger partial charge in [0.1, 0.15) is 11.5 Å². The summed E-state index contributed by atoms with van der Waals surface area (Å²) in [6, 6.07) is 8.01. The smallest absolute Gasteiger partial charge is 0.274 e. The molecule has 0 aliphatic rings. The van der Waals surface area contributed by atoms with Crippen LogP contribution in [-0.4, -0.2) is 21.0 Å². The second-order valence-electron chi connectivity index (χ2n) is 6.99. The second kappa shape index (κ2) is 7.11. The standard InChI is InChI=1S/C21H18N4O5/c1-10-8-14(13(4)29-10)17-9-15(19-12(3)24-30-21(19)23-17)20(26)22-16-6-5-7-18(11(16)2)25(27)28/h5-9H,1-4H3,(H,22,26). The molecule has 0 atom stereocenters. The number of hydrogen-bond acceptors (Lipinski definition) is 7. The fourth-order valence-electron chi connectivity index (χ4n) is 3.44. The number of hydrogen-bond donors (Lipinski definition) is 1. The van der Waals surface area contributed by atoms with Crippen molar-refractivity contribution in [3.05, 3.63) is 68.8 Å². The van der Waals surface area contributed by atoms with E-state index in [0.717, 1.165) is 11.3 Å². The summed E-state index contributed by atoms with van der Waals surface area (Å²) in [7, 11) is 0. The maximum atomic E-state index is 13.2. The minimum absolute atomic E-state index is 0.0704. The van der Waals surface area contributed by atoms with E-state index in [1.807, 2.05) is 19.9 Å². The number of amides is 1. The minimum atomic E-state index is -0.484. The predicted octanol–water partition coefficient (Wildman–Crippen LogP) is 4.88.